The van der Waals surface area contributed by atoms with Crippen molar-refractivity contribution in [2.75, 3.05) is 12.4 Å². The van der Waals surface area contributed by atoms with Gasteiger partial charge >= 0.3 is 0 Å². The van der Waals surface area contributed by atoms with Crippen molar-refractivity contribution >= 4 is 23.3 Å². The minimum atomic E-state index is -0.799. The second-order valence-electron chi connectivity index (χ2n) is 12.8. The first-order valence-corrected chi connectivity index (χ1v) is 15.0. The highest BCUT2D eigenvalue weighted by Gasteiger charge is 2.57. The van der Waals surface area contributed by atoms with Crippen LogP contribution < -0.4 is 15.4 Å². The Morgan fingerprint density at radius 1 is 0.976 bits per heavy atom. The summed E-state index contributed by atoms with van der Waals surface area (Å²) in [4.78, 5) is 41.5. The Labute approximate surface area is 249 Å². The van der Waals surface area contributed by atoms with Gasteiger partial charge in [0.1, 0.15) is 11.8 Å². The largest absolute Gasteiger partial charge is 0.497 e. The van der Waals surface area contributed by atoms with Crippen molar-refractivity contribution < 1.29 is 19.1 Å². The lowest BCUT2D eigenvalue weighted by Crippen LogP contribution is -2.58. The first-order valence-electron chi connectivity index (χ1n) is 15.0. The van der Waals surface area contributed by atoms with E-state index in [9.17, 15) is 14.4 Å². The number of ketones is 1. The van der Waals surface area contributed by atoms with Gasteiger partial charge in [0, 0.05) is 24.1 Å². The number of ether oxygens (including phenoxy) is 1. The maximum atomic E-state index is 14.3. The molecule has 0 aliphatic heterocycles. The molecule has 0 unspecified atom stereocenters. The van der Waals surface area contributed by atoms with Crippen molar-refractivity contribution in [1.29, 1.82) is 0 Å². The second-order valence-corrected chi connectivity index (χ2v) is 12.8. The molecule has 2 aliphatic rings. The van der Waals surface area contributed by atoms with Crippen LogP contribution in [0.2, 0.25) is 0 Å². The predicted molar refractivity (Wildman–Crippen MR) is 166 cm³/mol. The molecule has 4 atom stereocenters. The molecule has 3 aromatic carbocycles. The zero-order valence-corrected chi connectivity index (χ0v) is 25.3. The van der Waals surface area contributed by atoms with Gasteiger partial charge in [-0.1, -0.05) is 76.6 Å². The first-order chi connectivity index (χ1) is 20.0. The highest BCUT2D eigenvalue weighted by atomic mass is 16.5. The fourth-order valence-electron chi connectivity index (χ4n) is 7.15. The predicted octanol–water partition coefficient (Wildman–Crippen LogP) is 6.84. The average Bonchev–Trinajstić information content (AvgIpc) is 2.98. The van der Waals surface area contributed by atoms with E-state index in [2.05, 4.69) is 49.6 Å². The number of nitrogens with one attached hydrogen (secondary N) is 2. The molecule has 0 bridgehead atoms. The lowest BCUT2D eigenvalue weighted by molar-refractivity contribution is -0.140. The van der Waals surface area contributed by atoms with Crippen LogP contribution in [0.4, 0.5) is 5.69 Å². The molecule has 1 saturated carbocycles. The number of anilines is 1. The van der Waals surface area contributed by atoms with Gasteiger partial charge in [-0.15, -0.1) is 0 Å². The van der Waals surface area contributed by atoms with E-state index in [1.54, 1.807) is 31.4 Å². The van der Waals surface area contributed by atoms with E-state index in [-0.39, 0.29) is 28.9 Å². The minimum Gasteiger partial charge on any atom is -0.497 e. The Balaban J connectivity index is 1.43. The molecule has 0 spiro atoms. The molecule has 6 nitrogen and oxygen atoms in total. The number of amides is 2. The van der Waals surface area contributed by atoms with E-state index in [1.165, 1.54) is 0 Å². The monoisotopic (exact) mass is 566 g/mol. The Bertz CT molecular complexity index is 1470. The quantitative estimate of drug-likeness (QED) is 0.313. The summed E-state index contributed by atoms with van der Waals surface area (Å²) in [6.07, 6.45) is 3.15. The normalized spacial score (nSPS) is 23.9. The summed E-state index contributed by atoms with van der Waals surface area (Å²) in [6.45, 7) is 8.49. The summed E-state index contributed by atoms with van der Waals surface area (Å²) >= 11 is 0. The van der Waals surface area contributed by atoms with Crippen LogP contribution in [0.5, 0.6) is 5.75 Å². The van der Waals surface area contributed by atoms with Gasteiger partial charge in [0.25, 0.3) is 0 Å². The van der Waals surface area contributed by atoms with E-state index in [0.29, 0.717) is 36.6 Å². The third-order valence-corrected chi connectivity index (χ3v) is 9.73. The molecular formula is C36H42N2O4. The lowest BCUT2D eigenvalue weighted by atomic mass is 9.49. The summed E-state index contributed by atoms with van der Waals surface area (Å²) < 4.78 is 5.23. The van der Waals surface area contributed by atoms with Crippen LogP contribution in [0.1, 0.15) is 86.3 Å². The highest BCUT2D eigenvalue weighted by Crippen LogP contribution is 2.57. The van der Waals surface area contributed by atoms with Gasteiger partial charge in [0.2, 0.25) is 11.8 Å². The van der Waals surface area contributed by atoms with Crippen molar-refractivity contribution in [2.24, 2.45) is 11.3 Å². The van der Waals surface area contributed by atoms with E-state index in [0.717, 1.165) is 35.1 Å². The summed E-state index contributed by atoms with van der Waals surface area (Å²) in [7, 11) is 1.59. The third kappa shape index (κ3) is 5.59. The molecule has 2 aliphatic carbocycles. The van der Waals surface area contributed by atoms with Crippen LogP contribution in [0.15, 0.2) is 72.8 Å². The standard InChI is InChI=1S/C36H42N2O4/c1-23(2)25-12-17-29-28(21-25)31(39)22-32-35(29,3)18-9-19-36(32,4)34(41)38-30(20-24-10-7-6-8-11-24)33(40)37-26-13-15-27(42-5)16-14-26/h6-8,10-17,21,23,30,32H,9,18-20,22H2,1-5H3,(H,37,40)(H,38,41)/t30-,32+,35+,36+/m0/s1. The van der Waals surface area contributed by atoms with E-state index in [4.69, 9.17) is 4.74 Å². The summed E-state index contributed by atoms with van der Waals surface area (Å²) in [5, 5.41) is 6.11. The molecule has 0 heterocycles. The molecule has 220 valence electrons. The fraction of sp³-hybridized carbons (Fsp3) is 0.417. The topological polar surface area (TPSA) is 84.5 Å². The Hall–Kier alpha value is -3.93. The van der Waals surface area contributed by atoms with Crippen molar-refractivity contribution in [3.05, 3.63) is 95.1 Å². The molecule has 5 rings (SSSR count). The molecule has 2 amide bonds. The fourth-order valence-corrected chi connectivity index (χ4v) is 7.15. The lowest BCUT2D eigenvalue weighted by Gasteiger charge is -2.54. The number of Topliss-reactive ketones (excluding diaryl/α,β-unsaturated/α-hetero) is 1. The Kier molecular flexibility index (Phi) is 8.27. The summed E-state index contributed by atoms with van der Waals surface area (Å²) in [5.41, 5.74) is 3.51. The molecule has 0 saturated heterocycles. The van der Waals surface area contributed by atoms with Crippen LogP contribution in [0, 0.1) is 11.3 Å². The minimum absolute atomic E-state index is 0.106. The van der Waals surface area contributed by atoms with E-state index in [1.807, 2.05) is 37.3 Å². The van der Waals surface area contributed by atoms with E-state index >= 15 is 0 Å². The van der Waals surface area contributed by atoms with Crippen LogP contribution in [0.25, 0.3) is 0 Å². The van der Waals surface area contributed by atoms with Crippen molar-refractivity contribution in [2.45, 2.75) is 77.2 Å². The van der Waals surface area contributed by atoms with Gasteiger partial charge in [-0.05, 0) is 77.1 Å². The smallest absolute Gasteiger partial charge is 0.247 e. The maximum absolute atomic E-state index is 14.3. The molecule has 6 heteroatoms. The molecule has 42 heavy (non-hydrogen) atoms. The molecular weight excluding hydrogens is 524 g/mol. The number of fused-ring (bicyclic) bond motifs is 3. The Morgan fingerprint density at radius 2 is 1.69 bits per heavy atom. The van der Waals surface area contributed by atoms with E-state index < -0.39 is 11.5 Å². The molecule has 1 fully saturated rings. The zero-order valence-electron chi connectivity index (χ0n) is 25.3. The van der Waals surface area contributed by atoms with Crippen LogP contribution in [0.3, 0.4) is 0 Å². The van der Waals surface area contributed by atoms with Gasteiger partial charge in [-0.25, -0.2) is 0 Å². The van der Waals surface area contributed by atoms with Crippen LogP contribution in [-0.4, -0.2) is 30.7 Å². The molecule has 3 aromatic rings. The SMILES string of the molecule is COc1ccc(NC(=O)[C@H](Cc2ccccc2)NC(=O)[C@]2(C)CCC[C@]3(C)c4ccc(C(C)C)cc4C(=O)C[C@@H]23)cc1. The van der Waals surface area contributed by atoms with Gasteiger partial charge in [-0.3, -0.25) is 14.4 Å². The van der Waals surface area contributed by atoms with Gasteiger partial charge in [0.15, 0.2) is 5.78 Å². The molecule has 0 radical (unpaired) electrons. The summed E-state index contributed by atoms with van der Waals surface area (Å²) in [5.74, 6) is 0.519. The van der Waals surface area contributed by atoms with Crippen molar-refractivity contribution in [3.63, 3.8) is 0 Å². The first kappa shape index (κ1) is 29.6. The van der Waals surface area contributed by atoms with Gasteiger partial charge < -0.3 is 15.4 Å². The maximum Gasteiger partial charge on any atom is 0.247 e. The number of rotatable bonds is 8. The number of hydrogen-bond acceptors (Lipinski definition) is 4. The van der Waals surface area contributed by atoms with Crippen LogP contribution >= 0.6 is 0 Å². The molecule has 2 N–H and O–H groups in total. The number of carbonyl (C=O) groups is 3. The highest BCUT2D eigenvalue weighted by molar-refractivity contribution is 6.01. The van der Waals surface area contributed by atoms with Gasteiger partial charge in [-0.2, -0.15) is 0 Å². The average molecular weight is 567 g/mol. The molecule has 0 aromatic heterocycles. The van der Waals surface area contributed by atoms with Crippen molar-refractivity contribution in [3.8, 4) is 5.75 Å². The number of benzene rings is 3. The van der Waals surface area contributed by atoms with Crippen molar-refractivity contribution in [1.82, 2.24) is 5.32 Å². The van der Waals surface area contributed by atoms with Crippen LogP contribution in [-0.2, 0) is 21.4 Å². The Morgan fingerprint density at radius 3 is 2.36 bits per heavy atom. The number of carbonyl (C=O) groups excluding carboxylic acids is 3. The summed E-state index contributed by atoms with van der Waals surface area (Å²) in [6, 6.07) is 22.4. The number of hydrogen-bond donors (Lipinski definition) is 2. The second kappa shape index (κ2) is 11.7. The third-order valence-electron chi connectivity index (χ3n) is 9.73. The zero-order chi connectivity index (χ0) is 30.1. The van der Waals surface area contributed by atoms with Gasteiger partial charge in [0.05, 0.1) is 12.5 Å². The number of methoxy groups -OCH3 is 1.